The second kappa shape index (κ2) is 5.85. The second-order valence-electron chi connectivity index (χ2n) is 3.15. The zero-order valence-corrected chi connectivity index (χ0v) is 8.50. The predicted molar refractivity (Wildman–Crippen MR) is 51.0 cm³/mol. The van der Waals surface area contributed by atoms with Crippen molar-refractivity contribution in [2.45, 2.75) is 25.5 Å². The van der Waals surface area contributed by atoms with Crippen molar-refractivity contribution in [2.24, 2.45) is 5.92 Å². The van der Waals surface area contributed by atoms with Crippen LogP contribution in [0.2, 0.25) is 0 Å². The van der Waals surface area contributed by atoms with Gasteiger partial charge in [-0.3, -0.25) is 9.59 Å². The van der Waals surface area contributed by atoms with Crippen molar-refractivity contribution in [3.8, 4) is 0 Å². The van der Waals surface area contributed by atoms with Gasteiger partial charge in [-0.2, -0.15) is 0 Å². The van der Waals surface area contributed by atoms with Crippen molar-refractivity contribution in [3.63, 3.8) is 0 Å². The highest BCUT2D eigenvalue weighted by Gasteiger charge is 2.21. The molecule has 1 atom stereocenters. The van der Waals surface area contributed by atoms with Crippen LogP contribution in [0, 0.1) is 5.92 Å². The summed E-state index contributed by atoms with van der Waals surface area (Å²) in [7, 11) is 0. The van der Waals surface area contributed by atoms with E-state index in [1.165, 1.54) is 11.8 Å². The Hall–Kier alpha value is -0.710. The topological polar surface area (TPSA) is 74.6 Å². The number of aliphatic carboxylic acids is 2. The highest BCUT2D eigenvalue weighted by Crippen LogP contribution is 2.18. The molecule has 0 aromatic rings. The van der Waals surface area contributed by atoms with Gasteiger partial charge < -0.3 is 10.2 Å². The van der Waals surface area contributed by atoms with Gasteiger partial charge in [-0.1, -0.05) is 13.8 Å². The zero-order chi connectivity index (χ0) is 10.4. The Bertz CT molecular complexity index is 191. The lowest BCUT2D eigenvalue weighted by Gasteiger charge is -2.10. The number of carboxylic acids is 2. The highest BCUT2D eigenvalue weighted by molar-refractivity contribution is 8.00. The van der Waals surface area contributed by atoms with Gasteiger partial charge in [0.15, 0.2) is 0 Å². The smallest absolute Gasteiger partial charge is 0.317 e. The summed E-state index contributed by atoms with van der Waals surface area (Å²) >= 11 is 1.19. The van der Waals surface area contributed by atoms with E-state index in [1.54, 1.807) is 0 Å². The predicted octanol–water partition coefficient (Wildman–Crippen LogP) is 1.30. The maximum Gasteiger partial charge on any atom is 0.317 e. The molecule has 0 bridgehead atoms. The van der Waals surface area contributed by atoms with Crippen molar-refractivity contribution in [2.75, 3.05) is 5.75 Å². The van der Waals surface area contributed by atoms with Crippen molar-refractivity contribution >= 4 is 23.7 Å². The summed E-state index contributed by atoms with van der Waals surface area (Å²) in [6, 6.07) is 0. The van der Waals surface area contributed by atoms with Crippen LogP contribution in [0.1, 0.15) is 20.3 Å². The lowest BCUT2D eigenvalue weighted by molar-refractivity contribution is -0.142. The molecule has 1 unspecified atom stereocenters. The minimum atomic E-state index is -1.07. The number of carboxylic acid groups (broad SMARTS) is 2. The standard InChI is InChI=1S/C8H14O4S/c1-5(2)4-13-6(8(11)12)3-7(9)10/h5-6H,3-4H2,1-2H3,(H,9,10)(H,11,12). The minimum absolute atomic E-state index is 0.313. The fraction of sp³-hybridized carbons (Fsp3) is 0.750. The molecule has 0 rings (SSSR count). The Kier molecular flexibility index (Phi) is 5.53. The number of rotatable bonds is 6. The van der Waals surface area contributed by atoms with Gasteiger partial charge in [0.05, 0.1) is 6.42 Å². The molecule has 0 aliphatic rings. The third kappa shape index (κ3) is 6.45. The molecule has 0 heterocycles. The van der Waals surface area contributed by atoms with E-state index in [0.717, 1.165) is 0 Å². The minimum Gasteiger partial charge on any atom is -0.481 e. The fourth-order valence-electron chi connectivity index (χ4n) is 0.685. The molecule has 0 radical (unpaired) electrons. The Balaban J connectivity index is 3.95. The van der Waals surface area contributed by atoms with Gasteiger partial charge in [0.25, 0.3) is 0 Å². The number of carbonyl (C=O) groups is 2. The van der Waals surface area contributed by atoms with Crippen molar-refractivity contribution in [1.29, 1.82) is 0 Å². The maximum atomic E-state index is 10.6. The molecular weight excluding hydrogens is 192 g/mol. The van der Waals surface area contributed by atoms with Crippen LogP contribution in [0.4, 0.5) is 0 Å². The van der Waals surface area contributed by atoms with Gasteiger partial charge in [0, 0.05) is 0 Å². The molecule has 0 saturated heterocycles. The molecule has 13 heavy (non-hydrogen) atoms. The zero-order valence-electron chi connectivity index (χ0n) is 7.69. The van der Waals surface area contributed by atoms with E-state index in [0.29, 0.717) is 11.7 Å². The van der Waals surface area contributed by atoms with Crippen LogP contribution in [-0.2, 0) is 9.59 Å². The summed E-state index contributed by atoms with van der Waals surface area (Å²) in [4.78, 5) is 20.8. The molecule has 0 spiro atoms. The van der Waals surface area contributed by atoms with Gasteiger partial charge in [-0.05, 0) is 11.7 Å². The quantitative estimate of drug-likeness (QED) is 0.685. The van der Waals surface area contributed by atoms with Crippen LogP contribution in [0.15, 0.2) is 0 Å². The normalized spacial score (nSPS) is 12.8. The molecule has 0 aromatic heterocycles. The Morgan fingerprint density at radius 3 is 2.15 bits per heavy atom. The van der Waals surface area contributed by atoms with Crippen LogP contribution in [0.3, 0.4) is 0 Å². The Morgan fingerprint density at radius 2 is 1.85 bits per heavy atom. The molecule has 0 aliphatic carbocycles. The molecule has 0 fully saturated rings. The lowest BCUT2D eigenvalue weighted by atomic mass is 10.3. The van der Waals surface area contributed by atoms with Crippen LogP contribution in [0.25, 0.3) is 0 Å². The largest absolute Gasteiger partial charge is 0.481 e. The van der Waals surface area contributed by atoms with Crippen molar-refractivity contribution in [1.82, 2.24) is 0 Å². The first-order valence-electron chi connectivity index (χ1n) is 3.99. The molecule has 5 heteroatoms. The first-order chi connectivity index (χ1) is 5.93. The van der Waals surface area contributed by atoms with Gasteiger partial charge in [-0.15, -0.1) is 11.8 Å². The third-order valence-electron chi connectivity index (χ3n) is 1.27. The lowest BCUT2D eigenvalue weighted by Crippen LogP contribution is -2.21. The fourth-order valence-corrected chi connectivity index (χ4v) is 1.70. The Labute approximate surface area is 81.3 Å². The van der Waals surface area contributed by atoms with E-state index in [-0.39, 0.29) is 6.42 Å². The van der Waals surface area contributed by atoms with Crippen LogP contribution >= 0.6 is 11.8 Å². The summed E-state index contributed by atoms with van der Waals surface area (Å²) in [5.41, 5.74) is 0. The molecular formula is C8H14O4S. The van der Waals surface area contributed by atoms with E-state index in [4.69, 9.17) is 10.2 Å². The van der Waals surface area contributed by atoms with Crippen LogP contribution < -0.4 is 0 Å². The molecule has 76 valence electrons. The Morgan fingerprint density at radius 1 is 1.31 bits per heavy atom. The number of hydrogen-bond acceptors (Lipinski definition) is 3. The summed E-state index contributed by atoms with van der Waals surface area (Å²) < 4.78 is 0. The summed E-state index contributed by atoms with van der Waals surface area (Å²) in [5.74, 6) is -1.07. The monoisotopic (exact) mass is 206 g/mol. The van der Waals surface area contributed by atoms with E-state index in [9.17, 15) is 9.59 Å². The first-order valence-corrected chi connectivity index (χ1v) is 5.04. The van der Waals surface area contributed by atoms with Crippen molar-refractivity contribution < 1.29 is 19.8 Å². The maximum absolute atomic E-state index is 10.6. The van der Waals surface area contributed by atoms with Crippen LogP contribution in [-0.4, -0.2) is 33.2 Å². The molecule has 2 N–H and O–H groups in total. The van der Waals surface area contributed by atoms with Gasteiger partial charge in [0.2, 0.25) is 0 Å². The first kappa shape index (κ1) is 12.3. The average molecular weight is 206 g/mol. The van der Waals surface area contributed by atoms with Gasteiger partial charge >= 0.3 is 11.9 Å². The molecule has 0 amide bonds. The number of thioether (sulfide) groups is 1. The SMILES string of the molecule is CC(C)CSC(CC(=O)O)C(=O)O. The van der Waals surface area contributed by atoms with E-state index in [1.807, 2.05) is 13.8 Å². The second-order valence-corrected chi connectivity index (χ2v) is 4.39. The summed E-state index contributed by atoms with van der Waals surface area (Å²) in [5, 5.41) is 16.3. The number of hydrogen-bond donors (Lipinski definition) is 2. The van der Waals surface area contributed by atoms with E-state index in [2.05, 4.69) is 0 Å². The van der Waals surface area contributed by atoms with Gasteiger partial charge in [-0.25, -0.2) is 0 Å². The molecule has 0 aliphatic heterocycles. The molecule has 0 aromatic carbocycles. The molecule has 0 saturated carbocycles. The third-order valence-corrected chi connectivity index (χ3v) is 2.90. The average Bonchev–Trinajstić information content (AvgIpc) is 1.96. The van der Waals surface area contributed by atoms with E-state index >= 15 is 0 Å². The summed E-state index contributed by atoms with van der Waals surface area (Å²) in [6.07, 6.45) is -0.313. The molecule has 4 nitrogen and oxygen atoms in total. The van der Waals surface area contributed by atoms with Crippen LogP contribution in [0.5, 0.6) is 0 Å². The van der Waals surface area contributed by atoms with Crippen molar-refractivity contribution in [3.05, 3.63) is 0 Å². The highest BCUT2D eigenvalue weighted by atomic mass is 32.2. The summed E-state index contributed by atoms with van der Waals surface area (Å²) in [6.45, 7) is 3.93. The van der Waals surface area contributed by atoms with E-state index < -0.39 is 17.2 Å². The van der Waals surface area contributed by atoms with Gasteiger partial charge in [0.1, 0.15) is 5.25 Å².